The van der Waals surface area contributed by atoms with Crippen molar-refractivity contribution in [3.05, 3.63) is 65.7 Å². The molecule has 1 aliphatic rings. The zero-order chi connectivity index (χ0) is 20.3. The molecule has 0 aliphatic carbocycles. The van der Waals surface area contributed by atoms with E-state index in [4.69, 9.17) is 0 Å². The van der Waals surface area contributed by atoms with Gasteiger partial charge in [-0.2, -0.15) is 0 Å². The van der Waals surface area contributed by atoms with Gasteiger partial charge in [0.1, 0.15) is 23.7 Å². The van der Waals surface area contributed by atoms with Crippen LogP contribution in [-0.4, -0.2) is 29.3 Å². The Kier molecular flexibility index (Phi) is 5.39. The predicted octanol–water partition coefficient (Wildman–Crippen LogP) is 3.15. The highest BCUT2D eigenvalue weighted by Crippen LogP contribution is 2.33. The number of nitrogens with zero attached hydrogens (tertiary/aromatic N) is 1. The molecule has 28 heavy (non-hydrogen) atoms. The highest BCUT2D eigenvalue weighted by molar-refractivity contribution is 6.10. The molecule has 4 amide bonds. The highest BCUT2D eigenvalue weighted by atomic mass is 19.1. The quantitative estimate of drug-likeness (QED) is 0.748. The summed E-state index contributed by atoms with van der Waals surface area (Å²) in [4.78, 5) is 38.5. The summed E-state index contributed by atoms with van der Waals surface area (Å²) in [6.07, 6.45) is 0.980. The van der Waals surface area contributed by atoms with Crippen molar-refractivity contribution in [2.75, 3.05) is 11.9 Å². The van der Waals surface area contributed by atoms with Gasteiger partial charge in [0.2, 0.25) is 5.91 Å². The smallest absolute Gasteiger partial charge is 0.322 e. The second-order valence-electron chi connectivity index (χ2n) is 6.52. The SMILES string of the molecule is CCC[C@@]1(c2ccccc2)NC(=O)N(CC(=O)Nc2cc(F)ccc2F)C1=O. The summed E-state index contributed by atoms with van der Waals surface area (Å²) >= 11 is 0. The molecule has 0 aromatic heterocycles. The number of benzene rings is 2. The molecule has 146 valence electrons. The van der Waals surface area contributed by atoms with Crippen molar-refractivity contribution in [3.8, 4) is 0 Å². The van der Waals surface area contributed by atoms with Crippen LogP contribution in [-0.2, 0) is 15.1 Å². The molecule has 1 atom stereocenters. The molecule has 1 aliphatic heterocycles. The fourth-order valence-electron chi connectivity index (χ4n) is 3.30. The summed E-state index contributed by atoms with van der Waals surface area (Å²) in [5.74, 6) is -2.91. The van der Waals surface area contributed by atoms with Crippen molar-refractivity contribution in [3.63, 3.8) is 0 Å². The van der Waals surface area contributed by atoms with Gasteiger partial charge >= 0.3 is 6.03 Å². The van der Waals surface area contributed by atoms with E-state index in [-0.39, 0.29) is 5.69 Å². The van der Waals surface area contributed by atoms with Crippen LogP contribution in [0.4, 0.5) is 19.3 Å². The first kappa shape index (κ1) is 19.5. The van der Waals surface area contributed by atoms with Crippen molar-refractivity contribution in [1.29, 1.82) is 0 Å². The fraction of sp³-hybridized carbons (Fsp3) is 0.250. The van der Waals surface area contributed by atoms with Gasteiger partial charge in [-0.1, -0.05) is 43.7 Å². The number of urea groups is 1. The summed E-state index contributed by atoms with van der Waals surface area (Å²) in [5.41, 5.74) is -0.994. The number of nitrogens with one attached hydrogen (secondary N) is 2. The van der Waals surface area contributed by atoms with E-state index in [1.165, 1.54) is 0 Å². The molecule has 1 saturated heterocycles. The number of hydrogen-bond donors (Lipinski definition) is 2. The second-order valence-corrected chi connectivity index (χ2v) is 6.52. The molecule has 0 radical (unpaired) electrons. The van der Waals surface area contributed by atoms with Crippen LogP contribution in [0.3, 0.4) is 0 Å². The third-order valence-electron chi connectivity index (χ3n) is 4.57. The third-order valence-corrected chi connectivity index (χ3v) is 4.57. The molecular formula is C20H19F2N3O3. The molecule has 1 heterocycles. The Hall–Kier alpha value is -3.29. The molecule has 2 aromatic carbocycles. The van der Waals surface area contributed by atoms with E-state index in [0.29, 0.717) is 18.4 Å². The van der Waals surface area contributed by atoms with Gasteiger partial charge in [0, 0.05) is 6.07 Å². The van der Waals surface area contributed by atoms with Gasteiger partial charge in [-0.3, -0.25) is 14.5 Å². The summed E-state index contributed by atoms with van der Waals surface area (Å²) in [7, 11) is 0. The molecule has 0 bridgehead atoms. The number of carbonyl (C=O) groups excluding carboxylic acids is 3. The summed E-state index contributed by atoms with van der Waals surface area (Å²) < 4.78 is 27.0. The largest absolute Gasteiger partial charge is 0.325 e. The van der Waals surface area contributed by atoms with E-state index < -0.39 is 41.6 Å². The Morgan fingerprint density at radius 3 is 2.54 bits per heavy atom. The lowest BCUT2D eigenvalue weighted by Gasteiger charge is -2.26. The molecule has 8 heteroatoms. The average Bonchev–Trinajstić information content (AvgIpc) is 2.91. The minimum Gasteiger partial charge on any atom is -0.322 e. The molecule has 2 aromatic rings. The molecule has 0 spiro atoms. The van der Waals surface area contributed by atoms with Crippen LogP contribution in [0.25, 0.3) is 0 Å². The van der Waals surface area contributed by atoms with E-state index in [1.807, 2.05) is 6.92 Å². The predicted molar refractivity (Wildman–Crippen MR) is 98.3 cm³/mol. The van der Waals surface area contributed by atoms with E-state index in [1.54, 1.807) is 30.3 Å². The minimum absolute atomic E-state index is 0.359. The normalized spacial score (nSPS) is 18.9. The number of hydrogen-bond acceptors (Lipinski definition) is 3. The Bertz CT molecular complexity index is 920. The Morgan fingerprint density at radius 1 is 1.14 bits per heavy atom. The second kappa shape index (κ2) is 7.75. The van der Waals surface area contributed by atoms with Crippen molar-refractivity contribution >= 4 is 23.5 Å². The monoisotopic (exact) mass is 387 g/mol. The molecule has 1 fully saturated rings. The topological polar surface area (TPSA) is 78.5 Å². The molecule has 0 saturated carbocycles. The lowest BCUT2D eigenvalue weighted by Crippen LogP contribution is -2.44. The number of anilines is 1. The van der Waals surface area contributed by atoms with Crippen molar-refractivity contribution in [2.45, 2.75) is 25.3 Å². The average molecular weight is 387 g/mol. The van der Waals surface area contributed by atoms with Crippen LogP contribution in [0.1, 0.15) is 25.3 Å². The first-order valence-electron chi connectivity index (χ1n) is 8.82. The highest BCUT2D eigenvalue weighted by Gasteiger charge is 2.52. The van der Waals surface area contributed by atoms with Crippen molar-refractivity contribution < 1.29 is 23.2 Å². The van der Waals surface area contributed by atoms with Crippen LogP contribution < -0.4 is 10.6 Å². The molecular weight excluding hydrogens is 368 g/mol. The Labute approximate surface area is 160 Å². The lowest BCUT2D eigenvalue weighted by molar-refractivity contribution is -0.134. The van der Waals surface area contributed by atoms with Crippen LogP contribution in [0.2, 0.25) is 0 Å². The molecule has 6 nitrogen and oxygen atoms in total. The maximum absolute atomic E-state index is 13.7. The van der Waals surface area contributed by atoms with Crippen molar-refractivity contribution in [2.24, 2.45) is 0 Å². The number of halogens is 2. The molecule has 0 unspecified atom stereocenters. The summed E-state index contributed by atoms with van der Waals surface area (Å²) in [6.45, 7) is 1.27. The Morgan fingerprint density at radius 2 is 1.86 bits per heavy atom. The summed E-state index contributed by atoms with van der Waals surface area (Å²) in [5, 5.41) is 4.89. The fourth-order valence-corrected chi connectivity index (χ4v) is 3.30. The van der Waals surface area contributed by atoms with Gasteiger partial charge in [0.25, 0.3) is 5.91 Å². The van der Waals surface area contributed by atoms with Crippen LogP contribution in [0.15, 0.2) is 48.5 Å². The van der Waals surface area contributed by atoms with Gasteiger partial charge in [0.05, 0.1) is 5.69 Å². The van der Waals surface area contributed by atoms with Crippen LogP contribution in [0, 0.1) is 11.6 Å². The van der Waals surface area contributed by atoms with Crippen molar-refractivity contribution in [1.82, 2.24) is 10.2 Å². The van der Waals surface area contributed by atoms with Gasteiger partial charge in [-0.05, 0) is 24.1 Å². The zero-order valence-electron chi connectivity index (χ0n) is 15.2. The summed E-state index contributed by atoms with van der Waals surface area (Å²) in [6, 6.07) is 10.7. The van der Waals surface area contributed by atoms with Gasteiger partial charge < -0.3 is 10.6 Å². The minimum atomic E-state index is -1.25. The first-order valence-corrected chi connectivity index (χ1v) is 8.82. The maximum Gasteiger partial charge on any atom is 0.325 e. The van der Waals surface area contributed by atoms with E-state index in [2.05, 4.69) is 10.6 Å². The lowest BCUT2D eigenvalue weighted by atomic mass is 9.85. The maximum atomic E-state index is 13.7. The number of carbonyl (C=O) groups is 3. The zero-order valence-corrected chi connectivity index (χ0v) is 15.2. The van der Waals surface area contributed by atoms with E-state index in [0.717, 1.165) is 23.1 Å². The van der Waals surface area contributed by atoms with Crippen LogP contribution >= 0.6 is 0 Å². The molecule has 3 rings (SSSR count). The number of imide groups is 1. The van der Waals surface area contributed by atoms with Crippen LogP contribution in [0.5, 0.6) is 0 Å². The van der Waals surface area contributed by atoms with E-state index in [9.17, 15) is 23.2 Å². The number of rotatable bonds is 6. The van der Waals surface area contributed by atoms with Gasteiger partial charge in [-0.25, -0.2) is 13.6 Å². The Balaban J connectivity index is 1.81. The van der Waals surface area contributed by atoms with Gasteiger partial charge in [-0.15, -0.1) is 0 Å². The molecule has 2 N–H and O–H groups in total. The standard InChI is InChI=1S/C20H19F2N3O3/c1-2-10-20(13-6-4-3-5-7-13)18(27)25(19(28)24-20)12-17(26)23-16-11-14(21)8-9-15(16)22/h3-9,11H,2,10,12H2,1H3,(H,23,26)(H,24,28)/t20-/m0/s1. The van der Waals surface area contributed by atoms with E-state index >= 15 is 0 Å². The van der Waals surface area contributed by atoms with Gasteiger partial charge in [0.15, 0.2) is 0 Å². The number of amides is 4. The third kappa shape index (κ3) is 3.58. The first-order chi connectivity index (χ1) is 13.4.